The molecule has 0 N–H and O–H groups in total. The number of likely N-dealkylation sites (tertiary alicyclic amines) is 1. The van der Waals surface area contributed by atoms with Gasteiger partial charge in [0.05, 0.1) is 5.69 Å². The van der Waals surface area contributed by atoms with Crippen molar-refractivity contribution in [1.82, 2.24) is 14.9 Å². The topological polar surface area (TPSA) is 55.3 Å². The number of aromatic nitrogens is 2. The molecule has 2 aromatic heterocycles. The highest BCUT2D eigenvalue weighted by Crippen LogP contribution is 2.31. The van der Waals surface area contributed by atoms with E-state index in [1.54, 1.807) is 6.26 Å². The summed E-state index contributed by atoms with van der Waals surface area (Å²) in [5.41, 5.74) is 3.61. The third kappa shape index (κ3) is 3.55. The van der Waals surface area contributed by atoms with Crippen LogP contribution < -0.4 is 0 Å². The lowest BCUT2D eigenvalue weighted by molar-refractivity contribution is 0.192. The molecule has 3 heterocycles. The van der Waals surface area contributed by atoms with E-state index in [0.717, 1.165) is 60.7 Å². The van der Waals surface area contributed by atoms with Crippen molar-refractivity contribution >= 4 is 22.7 Å². The number of piperidine rings is 1. The summed E-state index contributed by atoms with van der Waals surface area (Å²) in [4.78, 5) is 11.7. The molecule has 6 heteroatoms. The molecule has 0 radical (unpaired) electrons. The van der Waals surface area contributed by atoms with Crippen LogP contribution in [0.4, 0.5) is 0 Å². The molecule has 2 aromatic carbocycles. The van der Waals surface area contributed by atoms with E-state index in [0.29, 0.717) is 16.8 Å². The minimum atomic E-state index is 0.347. The van der Waals surface area contributed by atoms with Gasteiger partial charge in [-0.2, -0.15) is 0 Å². The first kappa shape index (κ1) is 17.5. The maximum atomic E-state index is 6.05. The van der Waals surface area contributed by atoms with E-state index in [1.807, 2.05) is 48.5 Å². The van der Waals surface area contributed by atoms with Gasteiger partial charge in [0, 0.05) is 23.0 Å². The van der Waals surface area contributed by atoms with Gasteiger partial charge >= 0.3 is 0 Å². The molecule has 1 fully saturated rings. The molecule has 28 heavy (non-hydrogen) atoms. The van der Waals surface area contributed by atoms with Crippen molar-refractivity contribution in [2.45, 2.75) is 25.3 Å². The molecular formula is C22H20ClN3O2. The third-order valence-electron chi connectivity index (χ3n) is 5.26. The SMILES string of the molecule is Clc1ccc2oc(C3CCN(Cc4coc(-c5ccccc5)n4)CC3)nc2c1. The largest absolute Gasteiger partial charge is 0.444 e. The summed E-state index contributed by atoms with van der Waals surface area (Å²) >= 11 is 6.05. The van der Waals surface area contributed by atoms with Crippen molar-refractivity contribution in [3.05, 3.63) is 71.4 Å². The summed E-state index contributed by atoms with van der Waals surface area (Å²) < 4.78 is 11.6. The van der Waals surface area contributed by atoms with Gasteiger partial charge in [-0.1, -0.05) is 29.8 Å². The Morgan fingerprint density at radius 2 is 1.86 bits per heavy atom. The van der Waals surface area contributed by atoms with Gasteiger partial charge in [0.15, 0.2) is 11.5 Å². The molecule has 0 spiro atoms. The van der Waals surface area contributed by atoms with Gasteiger partial charge in [-0.3, -0.25) is 4.90 Å². The Morgan fingerprint density at radius 1 is 1.04 bits per heavy atom. The summed E-state index contributed by atoms with van der Waals surface area (Å²) in [6.45, 7) is 2.77. The number of hydrogen-bond donors (Lipinski definition) is 0. The first-order valence-electron chi connectivity index (χ1n) is 9.53. The molecule has 1 aliphatic rings. The van der Waals surface area contributed by atoms with Crippen molar-refractivity contribution < 1.29 is 8.83 Å². The molecule has 0 aliphatic carbocycles. The highest BCUT2D eigenvalue weighted by Gasteiger charge is 2.25. The van der Waals surface area contributed by atoms with Crippen LogP contribution in [0.5, 0.6) is 0 Å². The molecule has 4 aromatic rings. The summed E-state index contributed by atoms with van der Waals surface area (Å²) in [7, 11) is 0. The summed E-state index contributed by atoms with van der Waals surface area (Å²) in [5, 5.41) is 0.685. The summed E-state index contributed by atoms with van der Waals surface area (Å²) in [6, 6.07) is 15.6. The van der Waals surface area contributed by atoms with Crippen LogP contribution in [0.25, 0.3) is 22.6 Å². The molecule has 142 valence electrons. The van der Waals surface area contributed by atoms with Crippen molar-refractivity contribution in [2.24, 2.45) is 0 Å². The van der Waals surface area contributed by atoms with Crippen molar-refractivity contribution in [2.75, 3.05) is 13.1 Å². The lowest BCUT2D eigenvalue weighted by Crippen LogP contribution is -2.32. The number of fused-ring (bicyclic) bond motifs is 1. The average molecular weight is 394 g/mol. The fourth-order valence-corrected chi connectivity index (χ4v) is 3.92. The Labute approximate surface area is 168 Å². The van der Waals surface area contributed by atoms with Crippen LogP contribution >= 0.6 is 11.6 Å². The second-order valence-corrected chi connectivity index (χ2v) is 7.66. The Morgan fingerprint density at radius 3 is 2.68 bits per heavy atom. The van der Waals surface area contributed by atoms with Gasteiger partial charge in [0.2, 0.25) is 5.89 Å². The minimum Gasteiger partial charge on any atom is -0.444 e. The van der Waals surface area contributed by atoms with E-state index in [-0.39, 0.29) is 0 Å². The third-order valence-corrected chi connectivity index (χ3v) is 5.50. The Bertz CT molecular complexity index is 1080. The van der Waals surface area contributed by atoms with Crippen LogP contribution in [0.1, 0.15) is 30.3 Å². The van der Waals surface area contributed by atoms with E-state index in [4.69, 9.17) is 20.4 Å². The first-order chi connectivity index (χ1) is 13.7. The van der Waals surface area contributed by atoms with E-state index in [9.17, 15) is 0 Å². The molecule has 1 saturated heterocycles. The van der Waals surface area contributed by atoms with Crippen molar-refractivity contribution in [3.8, 4) is 11.5 Å². The van der Waals surface area contributed by atoms with Crippen LogP contribution in [0, 0.1) is 0 Å². The Hall–Kier alpha value is -2.63. The maximum absolute atomic E-state index is 6.05. The molecule has 0 amide bonds. The smallest absolute Gasteiger partial charge is 0.226 e. The average Bonchev–Trinajstić information content (AvgIpc) is 3.36. The Kier molecular flexibility index (Phi) is 4.63. The zero-order chi connectivity index (χ0) is 18.9. The van der Waals surface area contributed by atoms with Gasteiger partial charge in [0.1, 0.15) is 11.8 Å². The van der Waals surface area contributed by atoms with Crippen LogP contribution in [0.3, 0.4) is 0 Å². The Balaban J connectivity index is 1.22. The van der Waals surface area contributed by atoms with Crippen LogP contribution in [-0.2, 0) is 6.54 Å². The summed E-state index contributed by atoms with van der Waals surface area (Å²) in [6.07, 6.45) is 3.80. The quantitative estimate of drug-likeness (QED) is 0.457. The molecule has 0 saturated carbocycles. The van der Waals surface area contributed by atoms with E-state index in [1.165, 1.54) is 0 Å². The fraction of sp³-hybridized carbons (Fsp3) is 0.273. The first-order valence-corrected chi connectivity index (χ1v) is 9.90. The van der Waals surface area contributed by atoms with E-state index >= 15 is 0 Å². The van der Waals surface area contributed by atoms with Gasteiger partial charge in [-0.15, -0.1) is 0 Å². The molecular weight excluding hydrogens is 374 g/mol. The van der Waals surface area contributed by atoms with Crippen LogP contribution in [0.15, 0.2) is 63.6 Å². The molecule has 5 rings (SSSR count). The zero-order valence-corrected chi connectivity index (χ0v) is 16.1. The standard InChI is InChI=1S/C22H20ClN3O2/c23-17-6-7-20-19(12-17)25-22(28-20)16-8-10-26(11-9-16)13-18-14-27-21(24-18)15-4-2-1-3-5-15/h1-7,12,14,16H,8-11,13H2. The van der Waals surface area contributed by atoms with Gasteiger partial charge < -0.3 is 8.83 Å². The lowest BCUT2D eigenvalue weighted by Gasteiger charge is -2.29. The molecule has 5 nitrogen and oxygen atoms in total. The van der Waals surface area contributed by atoms with Crippen molar-refractivity contribution in [1.29, 1.82) is 0 Å². The second-order valence-electron chi connectivity index (χ2n) is 7.22. The highest BCUT2D eigenvalue weighted by atomic mass is 35.5. The lowest BCUT2D eigenvalue weighted by atomic mass is 9.97. The number of halogens is 1. The van der Waals surface area contributed by atoms with E-state index < -0.39 is 0 Å². The number of benzene rings is 2. The van der Waals surface area contributed by atoms with Crippen LogP contribution in [-0.4, -0.2) is 28.0 Å². The normalized spacial score (nSPS) is 16.0. The second kappa shape index (κ2) is 7.41. The fourth-order valence-electron chi connectivity index (χ4n) is 3.75. The van der Waals surface area contributed by atoms with Gasteiger partial charge in [0.25, 0.3) is 0 Å². The zero-order valence-electron chi connectivity index (χ0n) is 15.3. The minimum absolute atomic E-state index is 0.347. The predicted octanol–water partition coefficient (Wildman–Crippen LogP) is 5.52. The van der Waals surface area contributed by atoms with Crippen molar-refractivity contribution in [3.63, 3.8) is 0 Å². The maximum Gasteiger partial charge on any atom is 0.226 e. The molecule has 0 atom stereocenters. The number of oxazole rings is 2. The molecule has 0 unspecified atom stereocenters. The monoisotopic (exact) mass is 393 g/mol. The predicted molar refractivity (Wildman–Crippen MR) is 108 cm³/mol. The summed E-state index contributed by atoms with van der Waals surface area (Å²) in [5.74, 6) is 1.85. The number of hydrogen-bond acceptors (Lipinski definition) is 5. The number of rotatable bonds is 4. The number of nitrogens with zero attached hydrogens (tertiary/aromatic N) is 3. The highest BCUT2D eigenvalue weighted by molar-refractivity contribution is 6.31. The van der Waals surface area contributed by atoms with Gasteiger partial charge in [-0.25, -0.2) is 9.97 Å². The van der Waals surface area contributed by atoms with E-state index in [2.05, 4.69) is 14.9 Å². The van der Waals surface area contributed by atoms with Crippen LogP contribution in [0.2, 0.25) is 5.02 Å². The molecule has 1 aliphatic heterocycles. The molecule has 0 bridgehead atoms. The van der Waals surface area contributed by atoms with Gasteiger partial charge in [-0.05, 0) is 56.3 Å².